The summed E-state index contributed by atoms with van der Waals surface area (Å²) in [6, 6.07) is 11.6. The molecule has 0 radical (unpaired) electrons. The van der Waals surface area contributed by atoms with Gasteiger partial charge in [-0.15, -0.1) is 0 Å². The van der Waals surface area contributed by atoms with Crippen LogP contribution in [0.25, 0.3) is 0 Å². The lowest BCUT2D eigenvalue weighted by Gasteiger charge is -2.11. The second kappa shape index (κ2) is 6.09. The third kappa shape index (κ3) is 3.72. The topological polar surface area (TPSA) is 29.5 Å². The van der Waals surface area contributed by atoms with Gasteiger partial charge in [0.25, 0.3) is 0 Å². The number of hydrogen-bond acceptors (Lipinski definition) is 2. The molecule has 0 saturated heterocycles. The molecule has 0 aromatic heterocycles. The Balaban J connectivity index is 2.14. The van der Waals surface area contributed by atoms with Gasteiger partial charge in [-0.05, 0) is 37.6 Å². The largest absolute Gasteiger partial charge is 0.489 e. The quantitative estimate of drug-likeness (QED) is 0.914. The summed E-state index contributed by atoms with van der Waals surface area (Å²) in [5, 5.41) is 9.89. The van der Waals surface area contributed by atoms with Crippen LogP contribution in [0.3, 0.4) is 0 Å². The molecule has 19 heavy (non-hydrogen) atoms. The number of ether oxygens (including phenoxy) is 1. The smallest absolute Gasteiger partial charge is 0.125 e. The highest BCUT2D eigenvalue weighted by molar-refractivity contribution is 6.30. The molecule has 0 fully saturated rings. The minimum absolute atomic E-state index is 0.0806. The van der Waals surface area contributed by atoms with Crippen LogP contribution in [0.4, 0.5) is 0 Å². The van der Waals surface area contributed by atoms with E-state index in [1.54, 1.807) is 18.2 Å². The van der Waals surface area contributed by atoms with Gasteiger partial charge in [0.05, 0.1) is 6.61 Å². The molecule has 0 bridgehead atoms. The fourth-order valence-corrected chi connectivity index (χ4v) is 2.32. The van der Waals surface area contributed by atoms with Crippen molar-refractivity contribution in [3.8, 4) is 5.75 Å². The molecule has 0 saturated carbocycles. The van der Waals surface area contributed by atoms with Gasteiger partial charge in [0.2, 0.25) is 0 Å². The van der Waals surface area contributed by atoms with Gasteiger partial charge >= 0.3 is 0 Å². The van der Waals surface area contributed by atoms with Gasteiger partial charge in [0.15, 0.2) is 0 Å². The van der Waals surface area contributed by atoms with Crippen LogP contribution in [0, 0.1) is 13.8 Å². The molecule has 0 spiro atoms. The monoisotopic (exact) mass is 276 g/mol. The van der Waals surface area contributed by atoms with Gasteiger partial charge in [-0.3, -0.25) is 0 Å². The number of rotatable bonds is 4. The van der Waals surface area contributed by atoms with E-state index in [2.05, 4.69) is 32.0 Å². The van der Waals surface area contributed by atoms with E-state index in [0.717, 1.165) is 5.56 Å². The molecular weight excluding hydrogens is 260 g/mol. The molecule has 0 aliphatic carbocycles. The predicted molar refractivity (Wildman–Crippen MR) is 77.6 cm³/mol. The van der Waals surface area contributed by atoms with Crippen LogP contribution in [0.1, 0.15) is 22.3 Å². The Hall–Kier alpha value is -1.51. The average molecular weight is 277 g/mol. The van der Waals surface area contributed by atoms with Crippen molar-refractivity contribution in [3.63, 3.8) is 0 Å². The lowest BCUT2D eigenvalue weighted by atomic mass is 10.1. The molecule has 0 aliphatic heterocycles. The third-order valence-electron chi connectivity index (χ3n) is 2.87. The SMILES string of the molecule is Cc1cc(C)cc(COc2ccc(Cl)cc2CO)c1. The predicted octanol–water partition coefficient (Wildman–Crippen LogP) is 4.03. The molecule has 100 valence electrons. The molecule has 2 rings (SSSR count). The molecule has 0 atom stereocenters. The molecule has 3 heteroatoms. The standard InChI is InChI=1S/C16H17ClO2/c1-11-5-12(2)7-13(6-11)10-19-16-4-3-15(17)8-14(16)9-18/h3-8,18H,9-10H2,1-2H3. The first-order valence-electron chi connectivity index (χ1n) is 6.18. The molecule has 1 N–H and O–H groups in total. The normalized spacial score (nSPS) is 10.5. The second-order valence-electron chi connectivity index (χ2n) is 4.69. The fourth-order valence-electron chi connectivity index (χ4n) is 2.13. The Morgan fingerprint density at radius 2 is 1.74 bits per heavy atom. The zero-order chi connectivity index (χ0) is 13.8. The van der Waals surface area contributed by atoms with E-state index in [-0.39, 0.29) is 6.61 Å². The van der Waals surface area contributed by atoms with Crippen molar-refractivity contribution in [2.75, 3.05) is 0 Å². The molecule has 0 unspecified atom stereocenters. The van der Waals surface area contributed by atoms with Crippen LogP contribution in [0.2, 0.25) is 5.02 Å². The van der Waals surface area contributed by atoms with Gasteiger partial charge in [-0.25, -0.2) is 0 Å². The Morgan fingerprint density at radius 1 is 1.05 bits per heavy atom. The van der Waals surface area contributed by atoms with Crippen LogP contribution in [0.5, 0.6) is 5.75 Å². The van der Waals surface area contributed by atoms with Crippen molar-refractivity contribution in [1.82, 2.24) is 0 Å². The summed E-state index contributed by atoms with van der Waals surface area (Å²) in [4.78, 5) is 0. The molecular formula is C16H17ClO2. The summed E-state index contributed by atoms with van der Waals surface area (Å²) in [6.45, 7) is 4.54. The van der Waals surface area contributed by atoms with E-state index < -0.39 is 0 Å². The van der Waals surface area contributed by atoms with Crippen LogP contribution in [-0.4, -0.2) is 5.11 Å². The van der Waals surface area contributed by atoms with Crippen molar-refractivity contribution >= 4 is 11.6 Å². The molecule has 2 aromatic carbocycles. The van der Waals surface area contributed by atoms with E-state index in [9.17, 15) is 5.11 Å². The van der Waals surface area contributed by atoms with Crippen molar-refractivity contribution < 1.29 is 9.84 Å². The Bertz CT molecular complexity index is 559. The van der Waals surface area contributed by atoms with E-state index in [1.165, 1.54) is 11.1 Å². The average Bonchev–Trinajstić information content (AvgIpc) is 2.36. The fraction of sp³-hybridized carbons (Fsp3) is 0.250. The maximum atomic E-state index is 9.29. The molecule has 0 amide bonds. The van der Waals surface area contributed by atoms with Crippen LogP contribution < -0.4 is 4.74 Å². The summed E-state index contributed by atoms with van der Waals surface area (Å²) >= 11 is 5.89. The molecule has 0 aliphatic rings. The first kappa shape index (κ1) is 13.9. The molecule has 2 nitrogen and oxygen atoms in total. The summed E-state index contributed by atoms with van der Waals surface area (Å²) in [5.74, 6) is 0.672. The first-order valence-corrected chi connectivity index (χ1v) is 6.55. The highest BCUT2D eigenvalue weighted by Crippen LogP contribution is 2.24. The zero-order valence-electron chi connectivity index (χ0n) is 11.1. The van der Waals surface area contributed by atoms with E-state index in [0.29, 0.717) is 22.9 Å². The lowest BCUT2D eigenvalue weighted by molar-refractivity contribution is 0.259. The van der Waals surface area contributed by atoms with Crippen LogP contribution >= 0.6 is 11.6 Å². The maximum Gasteiger partial charge on any atom is 0.125 e. The summed E-state index contributed by atoms with van der Waals surface area (Å²) in [7, 11) is 0. The number of aliphatic hydroxyl groups excluding tert-OH is 1. The summed E-state index contributed by atoms with van der Waals surface area (Å²) < 4.78 is 5.76. The number of aliphatic hydroxyl groups is 1. The lowest BCUT2D eigenvalue weighted by Crippen LogP contribution is -1.99. The van der Waals surface area contributed by atoms with Crippen LogP contribution in [-0.2, 0) is 13.2 Å². The van der Waals surface area contributed by atoms with E-state index in [4.69, 9.17) is 16.3 Å². The maximum absolute atomic E-state index is 9.29. The van der Waals surface area contributed by atoms with E-state index >= 15 is 0 Å². The molecule has 0 heterocycles. The highest BCUT2D eigenvalue weighted by Gasteiger charge is 2.05. The van der Waals surface area contributed by atoms with Gasteiger partial charge in [0.1, 0.15) is 12.4 Å². The Labute approximate surface area is 118 Å². The second-order valence-corrected chi connectivity index (χ2v) is 5.13. The Morgan fingerprint density at radius 3 is 2.37 bits per heavy atom. The minimum atomic E-state index is -0.0806. The van der Waals surface area contributed by atoms with Crippen molar-refractivity contribution in [1.29, 1.82) is 0 Å². The number of halogens is 1. The van der Waals surface area contributed by atoms with Gasteiger partial charge in [0, 0.05) is 10.6 Å². The number of aryl methyl sites for hydroxylation is 2. The number of hydrogen-bond donors (Lipinski definition) is 1. The summed E-state index contributed by atoms with van der Waals surface area (Å²) in [6.07, 6.45) is 0. The van der Waals surface area contributed by atoms with Crippen LogP contribution in [0.15, 0.2) is 36.4 Å². The summed E-state index contributed by atoms with van der Waals surface area (Å²) in [5.41, 5.74) is 4.27. The van der Waals surface area contributed by atoms with Crippen molar-refractivity contribution in [2.24, 2.45) is 0 Å². The number of benzene rings is 2. The van der Waals surface area contributed by atoms with Crippen molar-refractivity contribution in [3.05, 3.63) is 63.7 Å². The van der Waals surface area contributed by atoms with Crippen molar-refractivity contribution in [2.45, 2.75) is 27.1 Å². The zero-order valence-corrected chi connectivity index (χ0v) is 11.9. The van der Waals surface area contributed by atoms with Gasteiger partial charge in [-0.1, -0.05) is 40.9 Å². The Kier molecular flexibility index (Phi) is 4.46. The van der Waals surface area contributed by atoms with Gasteiger partial charge in [-0.2, -0.15) is 0 Å². The van der Waals surface area contributed by atoms with E-state index in [1.807, 2.05) is 0 Å². The van der Waals surface area contributed by atoms with Gasteiger partial charge < -0.3 is 9.84 Å². The first-order chi connectivity index (χ1) is 9.08. The molecule has 2 aromatic rings. The highest BCUT2D eigenvalue weighted by atomic mass is 35.5. The third-order valence-corrected chi connectivity index (χ3v) is 3.10. The minimum Gasteiger partial charge on any atom is -0.489 e.